The molecule has 1 aliphatic carbocycles. The van der Waals surface area contributed by atoms with Gasteiger partial charge < -0.3 is 5.32 Å². The molecule has 72 valence electrons. The molecule has 1 rings (SSSR count). The molecule has 1 nitrogen and oxygen atoms in total. The van der Waals surface area contributed by atoms with Gasteiger partial charge in [-0.25, -0.2) is 0 Å². The first-order chi connectivity index (χ1) is 5.86. The van der Waals surface area contributed by atoms with E-state index in [-0.39, 0.29) is 0 Å². The van der Waals surface area contributed by atoms with Crippen LogP contribution in [0.2, 0.25) is 0 Å². The lowest BCUT2D eigenvalue weighted by atomic mass is 9.95. The molecule has 0 aliphatic heterocycles. The molecule has 1 aliphatic rings. The van der Waals surface area contributed by atoms with Crippen molar-refractivity contribution in [1.82, 2.24) is 5.32 Å². The van der Waals surface area contributed by atoms with Crippen LogP contribution in [0.25, 0.3) is 0 Å². The zero-order valence-corrected chi connectivity index (χ0v) is 9.12. The average molecular weight is 187 g/mol. The van der Waals surface area contributed by atoms with Crippen LogP contribution < -0.4 is 5.32 Å². The molecule has 0 saturated heterocycles. The predicted molar refractivity (Wildman–Crippen MR) is 57.9 cm³/mol. The Morgan fingerprint density at radius 2 is 1.92 bits per heavy atom. The molecule has 0 aromatic heterocycles. The van der Waals surface area contributed by atoms with Crippen LogP contribution in [0.1, 0.15) is 39.0 Å². The van der Waals surface area contributed by atoms with E-state index >= 15 is 0 Å². The Bertz CT molecular complexity index is 108. The Labute approximate surface area is 80.7 Å². The Morgan fingerprint density at radius 3 is 2.42 bits per heavy atom. The van der Waals surface area contributed by atoms with Gasteiger partial charge in [-0.3, -0.25) is 0 Å². The fourth-order valence-electron chi connectivity index (χ4n) is 1.85. The Balaban J connectivity index is 2.09. The summed E-state index contributed by atoms with van der Waals surface area (Å²) < 4.78 is 0. The topological polar surface area (TPSA) is 12.0 Å². The largest absolute Gasteiger partial charge is 0.314 e. The third-order valence-corrected chi connectivity index (χ3v) is 3.83. The Hall–Kier alpha value is 0.310. The third kappa shape index (κ3) is 3.36. The van der Waals surface area contributed by atoms with Crippen LogP contribution in [-0.4, -0.2) is 24.1 Å². The van der Waals surface area contributed by atoms with Crippen molar-refractivity contribution >= 4 is 11.8 Å². The number of rotatable bonds is 4. The van der Waals surface area contributed by atoms with Crippen LogP contribution in [-0.2, 0) is 0 Å². The van der Waals surface area contributed by atoms with Crippen LogP contribution in [0.4, 0.5) is 0 Å². The van der Waals surface area contributed by atoms with Gasteiger partial charge in [0, 0.05) is 11.3 Å². The first kappa shape index (κ1) is 10.4. The van der Waals surface area contributed by atoms with Crippen molar-refractivity contribution in [3.63, 3.8) is 0 Å². The molecule has 1 saturated carbocycles. The summed E-state index contributed by atoms with van der Waals surface area (Å²) in [5, 5.41) is 4.56. The molecule has 12 heavy (non-hydrogen) atoms. The molecule has 0 atom stereocenters. The van der Waals surface area contributed by atoms with Gasteiger partial charge in [-0.15, -0.1) is 0 Å². The maximum atomic E-state index is 3.61. The molecule has 0 heterocycles. The lowest BCUT2D eigenvalue weighted by molar-refractivity contribution is 0.381. The molecule has 0 unspecified atom stereocenters. The zero-order chi connectivity index (χ0) is 8.81. The van der Waals surface area contributed by atoms with Gasteiger partial charge in [0.25, 0.3) is 0 Å². The lowest BCUT2D eigenvalue weighted by Gasteiger charge is -2.27. The highest BCUT2D eigenvalue weighted by Crippen LogP contribution is 2.26. The summed E-state index contributed by atoms with van der Waals surface area (Å²) in [7, 11) is 0. The van der Waals surface area contributed by atoms with Crippen molar-refractivity contribution in [2.45, 2.75) is 50.3 Å². The second-order valence-corrected chi connectivity index (χ2v) is 4.80. The predicted octanol–water partition coefficient (Wildman–Crippen LogP) is 2.66. The van der Waals surface area contributed by atoms with Crippen LogP contribution in [0.5, 0.6) is 0 Å². The maximum absolute atomic E-state index is 3.61. The minimum absolute atomic E-state index is 0.827. The molecule has 0 aromatic rings. The fraction of sp³-hybridized carbons (Fsp3) is 1.00. The number of hydrogen-bond acceptors (Lipinski definition) is 2. The smallest absolute Gasteiger partial charge is 0.00678 e. The van der Waals surface area contributed by atoms with E-state index in [0.29, 0.717) is 0 Å². The quantitative estimate of drug-likeness (QED) is 0.726. The van der Waals surface area contributed by atoms with Crippen molar-refractivity contribution in [2.24, 2.45) is 0 Å². The number of thioether (sulfide) groups is 1. The second-order valence-electron chi connectivity index (χ2n) is 3.66. The highest BCUT2D eigenvalue weighted by atomic mass is 32.2. The average Bonchev–Trinajstić information content (AvgIpc) is 2.15. The van der Waals surface area contributed by atoms with E-state index in [0.717, 1.165) is 11.3 Å². The number of hydrogen-bond donors (Lipinski definition) is 1. The van der Waals surface area contributed by atoms with Gasteiger partial charge in [0.15, 0.2) is 0 Å². The standard InChI is InChI=1S/C10H21NS/c1-3-8-11-9-4-6-10(12-2)7-5-9/h9-11H,3-8H2,1-2H3. The Kier molecular flexibility index (Phi) is 5.08. The van der Waals surface area contributed by atoms with Crippen molar-refractivity contribution in [3.05, 3.63) is 0 Å². The summed E-state index contributed by atoms with van der Waals surface area (Å²) in [6, 6.07) is 0.827. The van der Waals surface area contributed by atoms with E-state index in [9.17, 15) is 0 Å². The van der Waals surface area contributed by atoms with Crippen LogP contribution in [0, 0.1) is 0 Å². The van der Waals surface area contributed by atoms with E-state index in [1.165, 1.54) is 38.6 Å². The van der Waals surface area contributed by atoms with Gasteiger partial charge in [0.1, 0.15) is 0 Å². The van der Waals surface area contributed by atoms with Gasteiger partial charge in [-0.05, 0) is 44.9 Å². The van der Waals surface area contributed by atoms with Crippen LogP contribution >= 0.6 is 11.8 Å². The molecule has 0 spiro atoms. The Morgan fingerprint density at radius 1 is 1.25 bits per heavy atom. The van der Waals surface area contributed by atoms with Crippen molar-refractivity contribution in [2.75, 3.05) is 12.8 Å². The maximum Gasteiger partial charge on any atom is 0.00678 e. The van der Waals surface area contributed by atoms with Gasteiger partial charge in [0.2, 0.25) is 0 Å². The van der Waals surface area contributed by atoms with Crippen molar-refractivity contribution < 1.29 is 0 Å². The summed E-state index contributed by atoms with van der Waals surface area (Å²) in [5.41, 5.74) is 0. The molecule has 0 aromatic carbocycles. The molecule has 2 heteroatoms. The summed E-state index contributed by atoms with van der Waals surface area (Å²) in [5.74, 6) is 0. The fourth-order valence-corrected chi connectivity index (χ4v) is 2.59. The molecule has 0 radical (unpaired) electrons. The molecular formula is C10H21NS. The summed E-state index contributed by atoms with van der Waals surface area (Å²) >= 11 is 2.04. The lowest BCUT2D eigenvalue weighted by Crippen LogP contribution is -2.34. The van der Waals surface area contributed by atoms with E-state index in [4.69, 9.17) is 0 Å². The van der Waals surface area contributed by atoms with Gasteiger partial charge in [-0.2, -0.15) is 11.8 Å². The normalized spacial score (nSPS) is 30.5. The van der Waals surface area contributed by atoms with Crippen LogP contribution in [0.3, 0.4) is 0 Å². The minimum atomic E-state index is 0.827. The van der Waals surface area contributed by atoms with Gasteiger partial charge >= 0.3 is 0 Å². The van der Waals surface area contributed by atoms with E-state index in [1.807, 2.05) is 11.8 Å². The van der Waals surface area contributed by atoms with Gasteiger partial charge in [-0.1, -0.05) is 6.92 Å². The molecule has 0 amide bonds. The molecule has 1 N–H and O–H groups in total. The molecule has 0 bridgehead atoms. The van der Waals surface area contributed by atoms with E-state index in [2.05, 4.69) is 18.5 Å². The highest BCUT2D eigenvalue weighted by molar-refractivity contribution is 7.99. The summed E-state index contributed by atoms with van der Waals surface area (Å²) in [4.78, 5) is 0. The summed E-state index contributed by atoms with van der Waals surface area (Å²) in [6.45, 7) is 3.44. The zero-order valence-electron chi connectivity index (χ0n) is 8.31. The van der Waals surface area contributed by atoms with E-state index in [1.54, 1.807) is 0 Å². The first-order valence-electron chi connectivity index (χ1n) is 5.13. The monoisotopic (exact) mass is 187 g/mol. The molecular weight excluding hydrogens is 166 g/mol. The number of nitrogens with one attached hydrogen (secondary N) is 1. The minimum Gasteiger partial charge on any atom is -0.314 e. The highest BCUT2D eigenvalue weighted by Gasteiger charge is 2.19. The third-order valence-electron chi connectivity index (χ3n) is 2.69. The second kappa shape index (κ2) is 5.87. The SMILES string of the molecule is CCCNC1CCC(SC)CC1. The first-order valence-corrected chi connectivity index (χ1v) is 6.41. The van der Waals surface area contributed by atoms with Crippen molar-refractivity contribution in [1.29, 1.82) is 0 Å². The van der Waals surface area contributed by atoms with Crippen LogP contribution in [0.15, 0.2) is 0 Å². The van der Waals surface area contributed by atoms with Crippen molar-refractivity contribution in [3.8, 4) is 0 Å². The van der Waals surface area contributed by atoms with E-state index < -0.39 is 0 Å². The molecule has 1 fully saturated rings. The van der Waals surface area contributed by atoms with Gasteiger partial charge in [0.05, 0.1) is 0 Å². The summed E-state index contributed by atoms with van der Waals surface area (Å²) in [6.07, 6.45) is 9.13.